The Morgan fingerprint density at radius 1 is 0.844 bits per heavy atom. The molecule has 0 bridgehead atoms. The fourth-order valence-electron chi connectivity index (χ4n) is 5.36. The molecule has 234 valence electrons. The fraction of sp³-hybridized carbons (Fsp3) is 0.306. The van der Waals surface area contributed by atoms with E-state index in [1.165, 1.54) is 12.1 Å². The number of halogens is 1. The molecule has 8 nitrogen and oxygen atoms in total. The number of aromatic nitrogens is 1. The maximum absolute atomic E-state index is 14.2. The number of nitrogens with one attached hydrogen (secondary N) is 1. The molecular formula is C36H40FN5O3. The maximum Gasteiger partial charge on any atom is 0.254 e. The van der Waals surface area contributed by atoms with Crippen LogP contribution in [-0.4, -0.2) is 75.6 Å². The second kappa shape index (κ2) is 14.2. The lowest BCUT2D eigenvalue weighted by Crippen LogP contribution is -2.42. The van der Waals surface area contributed by atoms with Crippen molar-refractivity contribution in [2.45, 2.75) is 25.4 Å². The van der Waals surface area contributed by atoms with Gasteiger partial charge in [0.05, 0.1) is 11.1 Å². The van der Waals surface area contributed by atoms with Gasteiger partial charge < -0.3 is 24.8 Å². The Bertz CT molecular complexity index is 1600. The average Bonchev–Trinajstić information content (AvgIpc) is 3.05. The quantitative estimate of drug-likeness (QED) is 0.250. The molecule has 5 rings (SSSR count). The van der Waals surface area contributed by atoms with Gasteiger partial charge in [0.2, 0.25) is 5.88 Å². The summed E-state index contributed by atoms with van der Waals surface area (Å²) in [6.45, 7) is 1.28. The SMILES string of the molecule is CN(C)c1ccc(CCNC(=O)c2cc(F)ccc2C(=O)N2CCC(Oc3ccc(-c4ccc(N(C)C)cc4)cn3)CC2)cc1. The number of carbonyl (C=O) groups excluding carboxylic acids is 2. The summed E-state index contributed by atoms with van der Waals surface area (Å²) in [6.07, 6.45) is 3.58. The molecule has 1 aliphatic heterocycles. The van der Waals surface area contributed by atoms with Gasteiger partial charge in [0.1, 0.15) is 11.9 Å². The van der Waals surface area contributed by atoms with Gasteiger partial charge in [-0.2, -0.15) is 0 Å². The summed E-state index contributed by atoms with van der Waals surface area (Å²) in [5, 5.41) is 2.85. The molecule has 0 aliphatic carbocycles. The van der Waals surface area contributed by atoms with Crippen molar-refractivity contribution in [2.24, 2.45) is 0 Å². The highest BCUT2D eigenvalue weighted by molar-refractivity contribution is 6.07. The molecular weight excluding hydrogens is 569 g/mol. The second-order valence-electron chi connectivity index (χ2n) is 11.7. The molecule has 9 heteroatoms. The van der Waals surface area contributed by atoms with Crippen molar-refractivity contribution in [1.82, 2.24) is 15.2 Å². The number of pyridine rings is 1. The topological polar surface area (TPSA) is 78.0 Å². The molecule has 2 heterocycles. The Kier molecular flexibility index (Phi) is 9.97. The fourth-order valence-corrected chi connectivity index (χ4v) is 5.36. The number of hydrogen-bond donors (Lipinski definition) is 1. The lowest BCUT2D eigenvalue weighted by atomic mass is 10.0. The highest BCUT2D eigenvalue weighted by atomic mass is 19.1. The van der Waals surface area contributed by atoms with Crippen LogP contribution in [0, 0.1) is 5.82 Å². The van der Waals surface area contributed by atoms with Gasteiger partial charge in [-0.3, -0.25) is 9.59 Å². The van der Waals surface area contributed by atoms with Gasteiger partial charge in [0.25, 0.3) is 11.8 Å². The van der Waals surface area contributed by atoms with Gasteiger partial charge in [-0.05, 0) is 66.1 Å². The van der Waals surface area contributed by atoms with Crippen molar-refractivity contribution in [3.8, 4) is 17.0 Å². The first-order valence-electron chi connectivity index (χ1n) is 15.2. The van der Waals surface area contributed by atoms with Crippen molar-refractivity contribution in [3.63, 3.8) is 0 Å². The minimum Gasteiger partial charge on any atom is -0.474 e. The summed E-state index contributed by atoms with van der Waals surface area (Å²) >= 11 is 0. The number of hydrogen-bond acceptors (Lipinski definition) is 6. The largest absolute Gasteiger partial charge is 0.474 e. The smallest absolute Gasteiger partial charge is 0.254 e. The van der Waals surface area contributed by atoms with E-state index in [1.54, 1.807) is 11.1 Å². The third-order valence-electron chi connectivity index (χ3n) is 8.08. The third kappa shape index (κ3) is 7.98. The molecule has 0 unspecified atom stereocenters. The molecule has 2 amide bonds. The predicted octanol–water partition coefficient (Wildman–Crippen LogP) is 5.68. The van der Waals surface area contributed by atoms with Gasteiger partial charge in [0, 0.05) is 89.9 Å². The first-order valence-corrected chi connectivity index (χ1v) is 15.2. The number of carbonyl (C=O) groups is 2. The van der Waals surface area contributed by atoms with Gasteiger partial charge >= 0.3 is 0 Å². The lowest BCUT2D eigenvalue weighted by molar-refractivity contribution is 0.0584. The van der Waals surface area contributed by atoms with Gasteiger partial charge in [-0.1, -0.05) is 24.3 Å². The Labute approximate surface area is 264 Å². The van der Waals surface area contributed by atoms with Crippen molar-refractivity contribution < 1.29 is 18.7 Å². The third-order valence-corrected chi connectivity index (χ3v) is 8.08. The van der Waals surface area contributed by atoms with E-state index in [1.807, 2.05) is 69.5 Å². The zero-order valence-corrected chi connectivity index (χ0v) is 26.3. The standard InChI is InChI=1S/C36H40FN5O3/c1-40(2)29-11-5-25(6-12-29)17-20-38-35(43)33-23-28(37)10-15-32(33)36(44)42-21-18-31(19-22-42)45-34-16-9-27(24-39-34)26-7-13-30(14-8-26)41(3)4/h5-16,23-24,31H,17-22H2,1-4H3,(H,38,43). The number of piperidine rings is 1. The van der Waals surface area contributed by atoms with E-state index < -0.39 is 11.7 Å². The van der Waals surface area contributed by atoms with Crippen LogP contribution < -0.4 is 19.9 Å². The van der Waals surface area contributed by atoms with Crippen LogP contribution in [0.3, 0.4) is 0 Å². The number of likely N-dealkylation sites (tertiary alicyclic amines) is 1. The Morgan fingerprint density at radius 2 is 1.47 bits per heavy atom. The number of amides is 2. The van der Waals surface area contributed by atoms with E-state index in [4.69, 9.17) is 4.74 Å². The normalized spacial score (nSPS) is 13.3. The maximum atomic E-state index is 14.2. The van der Waals surface area contributed by atoms with Gasteiger partial charge in [-0.25, -0.2) is 9.37 Å². The van der Waals surface area contributed by atoms with Crippen LogP contribution in [0.1, 0.15) is 39.1 Å². The summed E-state index contributed by atoms with van der Waals surface area (Å²) < 4.78 is 20.3. The van der Waals surface area contributed by atoms with Crippen LogP contribution in [0.4, 0.5) is 15.8 Å². The van der Waals surface area contributed by atoms with E-state index in [0.717, 1.165) is 34.1 Å². The Hall–Kier alpha value is -4.92. The van der Waals surface area contributed by atoms with Crippen molar-refractivity contribution >= 4 is 23.2 Å². The van der Waals surface area contributed by atoms with Crippen molar-refractivity contribution in [3.05, 3.63) is 108 Å². The molecule has 3 aromatic carbocycles. The minimum atomic E-state index is -0.563. The molecule has 0 radical (unpaired) electrons. The van der Waals surface area contributed by atoms with E-state index in [0.29, 0.717) is 44.8 Å². The highest BCUT2D eigenvalue weighted by Crippen LogP contribution is 2.25. The van der Waals surface area contributed by atoms with Crippen LogP contribution in [0.15, 0.2) is 85.1 Å². The van der Waals surface area contributed by atoms with Crippen molar-refractivity contribution in [2.75, 3.05) is 57.6 Å². The molecule has 1 saturated heterocycles. The molecule has 0 spiro atoms. The van der Waals surface area contributed by atoms with Crippen LogP contribution in [-0.2, 0) is 6.42 Å². The number of anilines is 2. The van der Waals surface area contributed by atoms with Crippen LogP contribution >= 0.6 is 0 Å². The number of rotatable bonds is 10. The number of ether oxygens (including phenoxy) is 1. The van der Waals surface area contributed by atoms with Gasteiger partial charge in [-0.15, -0.1) is 0 Å². The Morgan fingerprint density at radius 3 is 2.07 bits per heavy atom. The first-order chi connectivity index (χ1) is 21.7. The van der Waals surface area contributed by atoms with E-state index >= 15 is 0 Å². The van der Waals surface area contributed by atoms with Crippen LogP contribution in [0.25, 0.3) is 11.1 Å². The second-order valence-corrected chi connectivity index (χ2v) is 11.7. The monoisotopic (exact) mass is 609 g/mol. The summed E-state index contributed by atoms with van der Waals surface area (Å²) in [4.78, 5) is 36.8. The van der Waals surface area contributed by atoms with Crippen molar-refractivity contribution in [1.29, 1.82) is 0 Å². The molecule has 1 N–H and O–H groups in total. The average molecular weight is 610 g/mol. The predicted molar refractivity (Wildman–Crippen MR) is 177 cm³/mol. The Balaban J connectivity index is 1.14. The minimum absolute atomic E-state index is 0.0435. The molecule has 0 atom stereocenters. The lowest BCUT2D eigenvalue weighted by Gasteiger charge is -2.32. The van der Waals surface area contributed by atoms with Gasteiger partial charge in [0.15, 0.2) is 0 Å². The molecule has 0 saturated carbocycles. The molecule has 1 fully saturated rings. The molecule has 4 aromatic rings. The molecule has 1 aromatic heterocycles. The summed E-state index contributed by atoms with van der Waals surface area (Å²) in [7, 11) is 7.98. The highest BCUT2D eigenvalue weighted by Gasteiger charge is 2.28. The summed E-state index contributed by atoms with van der Waals surface area (Å²) in [6, 6.07) is 24.0. The number of benzene rings is 3. The van der Waals surface area contributed by atoms with E-state index in [-0.39, 0.29) is 23.1 Å². The van der Waals surface area contributed by atoms with E-state index in [2.05, 4.69) is 39.5 Å². The van der Waals surface area contributed by atoms with E-state index in [9.17, 15) is 14.0 Å². The first kappa shape index (κ1) is 31.5. The molecule has 45 heavy (non-hydrogen) atoms. The zero-order valence-electron chi connectivity index (χ0n) is 26.3. The van der Waals surface area contributed by atoms with Crippen LogP contribution in [0.2, 0.25) is 0 Å². The molecule has 1 aliphatic rings. The summed E-state index contributed by atoms with van der Waals surface area (Å²) in [5.41, 5.74) is 5.62. The number of nitrogens with zero attached hydrogens (tertiary/aromatic N) is 4. The van der Waals surface area contributed by atoms with Crippen LogP contribution in [0.5, 0.6) is 5.88 Å². The zero-order chi connectivity index (χ0) is 31.9. The summed E-state index contributed by atoms with van der Waals surface area (Å²) in [5.74, 6) is -0.781.